The monoisotopic (exact) mass is 270 g/mol. The lowest BCUT2D eigenvalue weighted by Gasteiger charge is -2.14. The van der Waals surface area contributed by atoms with Crippen LogP contribution in [0.15, 0.2) is 12.1 Å². The van der Waals surface area contributed by atoms with Gasteiger partial charge in [0, 0.05) is 43.1 Å². The molecule has 1 heterocycles. The van der Waals surface area contributed by atoms with Gasteiger partial charge in [-0.1, -0.05) is 6.92 Å². The van der Waals surface area contributed by atoms with Crippen molar-refractivity contribution in [2.45, 2.75) is 32.9 Å². The van der Waals surface area contributed by atoms with Gasteiger partial charge in [-0.05, 0) is 38.6 Å². The molecule has 0 aliphatic heterocycles. The SMILES string of the molecule is CCCNCc1ccc(CN(C)CCCOC)s1. The zero-order valence-corrected chi connectivity index (χ0v) is 12.7. The number of rotatable bonds is 10. The molecular formula is C14H26N2OS. The molecule has 4 heteroatoms. The molecule has 1 N–H and O–H groups in total. The normalized spacial score (nSPS) is 11.3. The van der Waals surface area contributed by atoms with E-state index < -0.39 is 0 Å². The average molecular weight is 270 g/mol. The lowest BCUT2D eigenvalue weighted by atomic mass is 10.3. The van der Waals surface area contributed by atoms with E-state index in [-0.39, 0.29) is 0 Å². The van der Waals surface area contributed by atoms with E-state index in [4.69, 9.17) is 4.74 Å². The van der Waals surface area contributed by atoms with E-state index >= 15 is 0 Å². The van der Waals surface area contributed by atoms with Crippen molar-refractivity contribution >= 4 is 11.3 Å². The number of hydrogen-bond donors (Lipinski definition) is 1. The number of thiophene rings is 1. The fourth-order valence-electron chi connectivity index (χ4n) is 1.81. The van der Waals surface area contributed by atoms with Gasteiger partial charge in [0.1, 0.15) is 0 Å². The van der Waals surface area contributed by atoms with Crippen molar-refractivity contribution in [1.82, 2.24) is 10.2 Å². The minimum absolute atomic E-state index is 0.848. The zero-order chi connectivity index (χ0) is 13.2. The summed E-state index contributed by atoms with van der Waals surface area (Å²) in [6.07, 6.45) is 2.30. The van der Waals surface area contributed by atoms with Crippen LogP contribution >= 0.6 is 11.3 Å². The summed E-state index contributed by atoms with van der Waals surface area (Å²) in [5.74, 6) is 0. The van der Waals surface area contributed by atoms with Gasteiger partial charge in [0.05, 0.1) is 0 Å². The summed E-state index contributed by atoms with van der Waals surface area (Å²) < 4.78 is 5.07. The predicted molar refractivity (Wildman–Crippen MR) is 79.1 cm³/mol. The van der Waals surface area contributed by atoms with Gasteiger partial charge < -0.3 is 15.0 Å². The number of nitrogens with one attached hydrogen (secondary N) is 1. The van der Waals surface area contributed by atoms with E-state index in [1.165, 1.54) is 16.2 Å². The summed E-state index contributed by atoms with van der Waals surface area (Å²) in [7, 11) is 3.93. The Morgan fingerprint density at radius 2 is 2.11 bits per heavy atom. The quantitative estimate of drug-likeness (QED) is 0.662. The van der Waals surface area contributed by atoms with Gasteiger partial charge in [-0.15, -0.1) is 11.3 Å². The van der Waals surface area contributed by atoms with E-state index in [1.807, 2.05) is 11.3 Å². The molecule has 0 atom stereocenters. The molecule has 0 fully saturated rings. The molecule has 0 bridgehead atoms. The Morgan fingerprint density at radius 3 is 2.83 bits per heavy atom. The lowest BCUT2D eigenvalue weighted by Crippen LogP contribution is -2.19. The summed E-state index contributed by atoms with van der Waals surface area (Å²) in [4.78, 5) is 5.24. The van der Waals surface area contributed by atoms with Crippen LogP contribution in [0.4, 0.5) is 0 Å². The van der Waals surface area contributed by atoms with Crippen LogP contribution in [0.3, 0.4) is 0 Å². The van der Waals surface area contributed by atoms with Crippen LogP contribution in [-0.2, 0) is 17.8 Å². The third kappa shape index (κ3) is 6.50. The first-order chi connectivity index (χ1) is 8.76. The Labute approximate surface area is 115 Å². The molecule has 18 heavy (non-hydrogen) atoms. The van der Waals surface area contributed by atoms with Crippen LogP contribution in [-0.4, -0.2) is 38.8 Å². The molecule has 1 aromatic heterocycles. The summed E-state index contributed by atoms with van der Waals surface area (Å²) >= 11 is 1.92. The molecular weight excluding hydrogens is 244 g/mol. The maximum atomic E-state index is 5.07. The molecule has 3 nitrogen and oxygen atoms in total. The Balaban J connectivity index is 2.25. The highest BCUT2D eigenvalue weighted by Gasteiger charge is 2.03. The molecule has 0 aromatic carbocycles. The number of nitrogens with zero attached hydrogens (tertiary/aromatic N) is 1. The molecule has 0 amide bonds. The Morgan fingerprint density at radius 1 is 1.33 bits per heavy atom. The van der Waals surface area contributed by atoms with Crippen molar-refractivity contribution in [3.8, 4) is 0 Å². The largest absolute Gasteiger partial charge is 0.385 e. The van der Waals surface area contributed by atoms with Crippen molar-refractivity contribution in [2.75, 3.05) is 33.9 Å². The van der Waals surface area contributed by atoms with Crippen LogP contribution in [0.1, 0.15) is 29.5 Å². The Hall–Kier alpha value is -0.420. The van der Waals surface area contributed by atoms with Crippen LogP contribution < -0.4 is 5.32 Å². The first-order valence-electron chi connectivity index (χ1n) is 6.72. The number of hydrogen-bond acceptors (Lipinski definition) is 4. The lowest BCUT2D eigenvalue weighted by molar-refractivity contribution is 0.178. The maximum Gasteiger partial charge on any atom is 0.0474 e. The standard InChI is InChI=1S/C14H26N2OS/c1-4-8-15-11-13-6-7-14(18-13)12-16(2)9-5-10-17-3/h6-7,15H,4-5,8-12H2,1-3H3. The smallest absolute Gasteiger partial charge is 0.0474 e. The van der Waals surface area contributed by atoms with Gasteiger partial charge in [0.25, 0.3) is 0 Å². The van der Waals surface area contributed by atoms with Crippen LogP contribution in [0.25, 0.3) is 0 Å². The van der Waals surface area contributed by atoms with E-state index in [2.05, 4.69) is 36.3 Å². The van der Waals surface area contributed by atoms with Crippen LogP contribution in [0.5, 0.6) is 0 Å². The van der Waals surface area contributed by atoms with Gasteiger partial charge in [-0.2, -0.15) is 0 Å². The molecule has 104 valence electrons. The Bertz CT molecular complexity index is 314. The topological polar surface area (TPSA) is 24.5 Å². The highest BCUT2D eigenvalue weighted by molar-refractivity contribution is 7.11. The summed E-state index contributed by atoms with van der Waals surface area (Å²) in [6, 6.07) is 4.49. The molecule has 0 unspecified atom stereocenters. The molecule has 0 radical (unpaired) electrons. The second kappa shape index (κ2) is 9.50. The molecule has 0 aliphatic rings. The zero-order valence-electron chi connectivity index (χ0n) is 11.9. The molecule has 0 aliphatic carbocycles. The van der Waals surface area contributed by atoms with Gasteiger partial charge in [0.2, 0.25) is 0 Å². The molecule has 0 spiro atoms. The summed E-state index contributed by atoms with van der Waals surface area (Å²) in [6.45, 7) is 7.29. The third-order valence-corrected chi connectivity index (χ3v) is 3.83. The van der Waals surface area contributed by atoms with E-state index in [9.17, 15) is 0 Å². The average Bonchev–Trinajstić information content (AvgIpc) is 2.77. The highest BCUT2D eigenvalue weighted by atomic mass is 32.1. The summed E-state index contributed by atoms with van der Waals surface area (Å²) in [5, 5.41) is 3.44. The van der Waals surface area contributed by atoms with Crippen LogP contribution in [0, 0.1) is 0 Å². The van der Waals surface area contributed by atoms with Crippen molar-refractivity contribution in [3.63, 3.8) is 0 Å². The fraction of sp³-hybridized carbons (Fsp3) is 0.714. The maximum absolute atomic E-state index is 5.07. The molecule has 1 rings (SSSR count). The number of ether oxygens (including phenoxy) is 1. The predicted octanol–water partition coefficient (Wildman–Crippen LogP) is 2.72. The minimum Gasteiger partial charge on any atom is -0.385 e. The Kier molecular flexibility index (Phi) is 8.25. The van der Waals surface area contributed by atoms with Gasteiger partial charge in [-0.3, -0.25) is 0 Å². The second-order valence-corrected chi connectivity index (χ2v) is 5.88. The van der Waals surface area contributed by atoms with E-state index in [0.29, 0.717) is 0 Å². The molecule has 0 saturated carbocycles. The molecule has 0 saturated heterocycles. The first-order valence-corrected chi connectivity index (χ1v) is 7.53. The van der Waals surface area contributed by atoms with Crippen molar-refractivity contribution in [1.29, 1.82) is 0 Å². The first kappa shape index (κ1) is 15.6. The highest BCUT2D eigenvalue weighted by Crippen LogP contribution is 2.17. The fourth-order valence-corrected chi connectivity index (χ4v) is 2.88. The van der Waals surface area contributed by atoms with Crippen LogP contribution in [0.2, 0.25) is 0 Å². The van der Waals surface area contributed by atoms with Gasteiger partial charge in [-0.25, -0.2) is 0 Å². The summed E-state index contributed by atoms with van der Waals surface area (Å²) in [5.41, 5.74) is 0. The van der Waals surface area contributed by atoms with Crippen molar-refractivity contribution in [3.05, 3.63) is 21.9 Å². The third-order valence-electron chi connectivity index (χ3n) is 2.76. The minimum atomic E-state index is 0.848. The second-order valence-electron chi connectivity index (χ2n) is 4.63. The van der Waals surface area contributed by atoms with Crippen molar-refractivity contribution in [2.24, 2.45) is 0 Å². The van der Waals surface area contributed by atoms with Crippen molar-refractivity contribution < 1.29 is 4.74 Å². The molecule has 1 aromatic rings. The van der Waals surface area contributed by atoms with Gasteiger partial charge >= 0.3 is 0 Å². The van der Waals surface area contributed by atoms with E-state index in [1.54, 1.807) is 7.11 Å². The van der Waals surface area contributed by atoms with Gasteiger partial charge in [0.15, 0.2) is 0 Å². The van der Waals surface area contributed by atoms with E-state index in [0.717, 1.165) is 39.2 Å². The number of methoxy groups -OCH3 is 1.